The molecule has 4 N–H and O–H groups in total. The van der Waals surface area contributed by atoms with E-state index < -0.39 is 16.1 Å². The Labute approximate surface area is 253 Å². The van der Waals surface area contributed by atoms with Crippen molar-refractivity contribution in [2.24, 2.45) is 0 Å². The van der Waals surface area contributed by atoms with E-state index in [0.29, 0.717) is 37.4 Å². The normalized spacial score (nSPS) is 12.3. The highest BCUT2D eigenvalue weighted by atomic mass is 32.2. The lowest BCUT2D eigenvalue weighted by Crippen LogP contribution is -2.23. The van der Waals surface area contributed by atoms with Gasteiger partial charge in [0.25, 0.3) is 10.0 Å². The van der Waals surface area contributed by atoms with Crippen LogP contribution in [0.3, 0.4) is 0 Å². The summed E-state index contributed by atoms with van der Waals surface area (Å²) in [6, 6.07) is 16.6. The molecular weight excluding hydrogens is 566 g/mol. The summed E-state index contributed by atoms with van der Waals surface area (Å²) in [6.45, 7) is 3.74. The van der Waals surface area contributed by atoms with Gasteiger partial charge in [0.1, 0.15) is 0 Å². The molecule has 2 heterocycles. The number of imidazole rings is 1. The Morgan fingerprint density at radius 2 is 1.67 bits per heavy atom. The first kappa shape index (κ1) is 32.0. The van der Waals surface area contributed by atoms with Crippen molar-refractivity contribution in [3.63, 3.8) is 0 Å². The van der Waals surface area contributed by atoms with Gasteiger partial charge in [-0.05, 0) is 67.4 Å². The van der Waals surface area contributed by atoms with Crippen molar-refractivity contribution in [2.75, 3.05) is 17.8 Å². The Hall–Kier alpha value is -3.93. The smallest absolute Gasteiger partial charge is 0.335 e. The van der Waals surface area contributed by atoms with Crippen LogP contribution < -0.4 is 15.7 Å². The number of pyridine rings is 1. The van der Waals surface area contributed by atoms with Crippen LogP contribution in [0.4, 0.5) is 5.69 Å². The topological polar surface area (TPSA) is 138 Å². The molecule has 10 nitrogen and oxygen atoms in total. The van der Waals surface area contributed by atoms with E-state index in [1.807, 2.05) is 18.2 Å². The second kappa shape index (κ2) is 15.5. The lowest BCUT2D eigenvalue weighted by Gasteiger charge is -2.12. The van der Waals surface area contributed by atoms with E-state index >= 15 is 0 Å². The fourth-order valence-corrected chi connectivity index (χ4v) is 5.89. The number of nitrogens with one attached hydrogen (secondary N) is 2. The van der Waals surface area contributed by atoms with E-state index in [9.17, 15) is 23.4 Å². The fraction of sp³-hybridized carbons (Fsp3) is 0.375. The number of hydrogen-bond acceptors (Lipinski definition) is 7. The molecule has 0 saturated heterocycles. The number of nitrogens with zero attached hydrogens (tertiary/aromatic N) is 3. The molecule has 0 amide bonds. The molecule has 4 aromatic rings. The molecule has 1 atom stereocenters. The van der Waals surface area contributed by atoms with Crippen LogP contribution in [0, 0.1) is 0 Å². The standard InChI is InChI=1S/C32H41N5O5S/c1-2-3-4-5-6-7-21-36-24-31(39)37(32(36)40)28-14-16-29(17-15-28)43(41,42)35-27-12-10-25(11-13-27)18-20-34-23-30(38)26-9-8-19-33-22-26/h8-17,19,22,24,30,34-35,38-39H,2-7,18,20-21,23H2,1H3. The Morgan fingerprint density at radius 1 is 0.953 bits per heavy atom. The van der Waals surface area contributed by atoms with Gasteiger partial charge in [0.15, 0.2) is 0 Å². The van der Waals surface area contributed by atoms with Crippen LogP contribution in [-0.4, -0.2) is 45.8 Å². The van der Waals surface area contributed by atoms with E-state index in [2.05, 4.69) is 21.9 Å². The van der Waals surface area contributed by atoms with Crippen molar-refractivity contribution in [2.45, 2.75) is 69.4 Å². The number of aromatic nitrogens is 3. The third kappa shape index (κ3) is 9.03. The number of aromatic hydroxyl groups is 1. The van der Waals surface area contributed by atoms with Crippen LogP contribution in [0.25, 0.3) is 5.69 Å². The molecule has 0 radical (unpaired) electrons. The summed E-state index contributed by atoms with van der Waals surface area (Å²) in [4.78, 5) is 16.9. The van der Waals surface area contributed by atoms with Crippen LogP contribution in [0.5, 0.6) is 5.88 Å². The maximum atomic E-state index is 13.0. The zero-order valence-electron chi connectivity index (χ0n) is 24.5. The average molecular weight is 608 g/mol. The molecule has 11 heteroatoms. The third-order valence-electron chi connectivity index (χ3n) is 7.30. The fourth-order valence-electron chi connectivity index (χ4n) is 4.83. The van der Waals surface area contributed by atoms with Gasteiger partial charge in [0, 0.05) is 36.7 Å². The monoisotopic (exact) mass is 607 g/mol. The molecule has 2 aromatic carbocycles. The second-order valence-electron chi connectivity index (χ2n) is 10.6. The molecule has 1 unspecified atom stereocenters. The minimum atomic E-state index is -3.87. The maximum absolute atomic E-state index is 13.0. The minimum Gasteiger partial charge on any atom is -0.493 e. The first-order valence-corrected chi connectivity index (χ1v) is 16.3. The summed E-state index contributed by atoms with van der Waals surface area (Å²) in [5.74, 6) is -0.190. The molecule has 230 valence electrons. The van der Waals surface area contributed by atoms with Crippen molar-refractivity contribution in [3.05, 3.63) is 101 Å². The van der Waals surface area contributed by atoms with E-state index in [-0.39, 0.29) is 16.5 Å². The van der Waals surface area contributed by atoms with Crippen molar-refractivity contribution in [3.8, 4) is 11.6 Å². The van der Waals surface area contributed by atoms with Crippen LogP contribution in [0.15, 0.2) is 88.9 Å². The number of unbranched alkanes of at least 4 members (excludes halogenated alkanes) is 5. The minimum absolute atomic E-state index is 0.0377. The highest BCUT2D eigenvalue weighted by Gasteiger charge is 2.17. The lowest BCUT2D eigenvalue weighted by molar-refractivity contribution is 0.174. The largest absolute Gasteiger partial charge is 0.493 e. The van der Waals surface area contributed by atoms with E-state index in [0.717, 1.165) is 30.4 Å². The zero-order chi connectivity index (χ0) is 30.7. The number of rotatable bonds is 17. The Kier molecular flexibility index (Phi) is 11.5. The van der Waals surface area contributed by atoms with Gasteiger partial charge in [-0.2, -0.15) is 0 Å². The van der Waals surface area contributed by atoms with E-state index in [1.165, 1.54) is 58.9 Å². The number of sulfonamides is 1. The summed E-state index contributed by atoms with van der Waals surface area (Å²) in [5.41, 5.74) is 2.22. The highest BCUT2D eigenvalue weighted by Crippen LogP contribution is 2.21. The highest BCUT2D eigenvalue weighted by molar-refractivity contribution is 7.92. The Bertz CT molecular complexity index is 1580. The Balaban J connectivity index is 1.29. The van der Waals surface area contributed by atoms with Crippen molar-refractivity contribution in [1.29, 1.82) is 0 Å². The van der Waals surface area contributed by atoms with Gasteiger partial charge in [-0.25, -0.2) is 17.8 Å². The first-order chi connectivity index (χ1) is 20.8. The number of aliphatic hydroxyl groups excluding tert-OH is 1. The SMILES string of the molecule is CCCCCCCCn1cc(O)n(-c2ccc(S(=O)(=O)Nc3ccc(CCNCC(O)c4cccnc4)cc3)cc2)c1=O. The number of aliphatic hydroxyl groups is 1. The lowest BCUT2D eigenvalue weighted by atomic mass is 10.1. The van der Waals surface area contributed by atoms with Crippen LogP contribution in [0.1, 0.15) is 62.7 Å². The van der Waals surface area contributed by atoms with Gasteiger partial charge in [-0.15, -0.1) is 0 Å². The second-order valence-corrected chi connectivity index (χ2v) is 12.3. The van der Waals surface area contributed by atoms with Gasteiger partial charge >= 0.3 is 5.69 Å². The summed E-state index contributed by atoms with van der Waals surface area (Å²) >= 11 is 0. The molecule has 0 aliphatic heterocycles. The maximum Gasteiger partial charge on any atom is 0.335 e. The van der Waals surface area contributed by atoms with Crippen molar-refractivity contribution < 1.29 is 18.6 Å². The summed E-state index contributed by atoms with van der Waals surface area (Å²) in [7, 11) is -3.87. The Morgan fingerprint density at radius 3 is 2.37 bits per heavy atom. The zero-order valence-corrected chi connectivity index (χ0v) is 25.3. The van der Waals surface area contributed by atoms with Crippen molar-refractivity contribution >= 4 is 15.7 Å². The van der Waals surface area contributed by atoms with Crippen LogP contribution in [-0.2, 0) is 23.0 Å². The molecule has 0 saturated carbocycles. The summed E-state index contributed by atoms with van der Waals surface area (Å²) in [5, 5.41) is 23.9. The van der Waals surface area contributed by atoms with Crippen LogP contribution >= 0.6 is 0 Å². The van der Waals surface area contributed by atoms with Crippen molar-refractivity contribution in [1.82, 2.24) is 19.4 Å². The molecular formula is C32H41N5O5S. The molecule has 0 fully saturated rings. The average Bonchev–Trinajstić information content (AvgIpc) is 3.30. The number of hydrogen-bond donors (Lipinski definition) is 4. The molecule has 0 aliphatic rings. The summed E-state index contributed by atoms with van der Waals surface area (Å²) in [6.07, 6.45) is 11.4. The molecule has 2 aromatic heterocycles. The molecule has 43 heavy (non-hydrogen) atoms. The predicted octanol–water partition coefficient (Wildman–Crippen LogP) is 4.77. The molecule has 4 rings (SSSR count). The van der Waals surface area contributed by atoms with Gasteiger partial charge in [-0.1, -0.05) is 57.2 Å². The predicted molar refractivity (Wildman–Crippen MR) is 168 cm³/mol. The van der Waals surface area contributed by atoms with Gasteiger partial charge in [0.05, 0.1) is 22.9 Å². The first-order valence-electron chi connectivity index (χ1n) is 14.8. The quantitative estimate of drug-likeness (QED) is 0.127. The number of aryl methyl sites for hydroxylation is 1. The molecule has 0 aliphatic carbocycles. The van der Waals surface area contributed by atoms with Gasteiger partial charge in [-0.3, -0.25) is 14.3 Å². The third-order valence-corrected chi connectivity index (χ3v) is 8.70. The molecule has 0 spiro atoms. The summed E-state index contributed by atoms with van der Waals surface area (Å²) < 4.78 is 31.3. The van der Waals surface area contributed by atoms with E-state index in [1.54, 1.807) is 30.6 Å². The molecule has 0 bridgehead atoms. The number of anilines is 1. The number of benzene rings is 2. The van der Waals surface area contributed by atoms with Gasteiger partial charge in [0.2, 0.25) is 5.88 Å². The van der Waals surface area contributed by atoms with Crippen LogP contribution in [0.2, 0.25) is 0 Å². The van der Waals surface area contributed by atoms with Gasteiger partial charge < -0.3 is 15.5 Å². The van der Waals surface area contributed by atoms with E-state index in [4.69, 9.17) is 0 Å².